The minimum absolute atomic E-state index is 0.176. The maximum absolute atomic E-state index is 12.8. The van der Waals surface area contributed by atoms with Gasteiger partial charge in [-0.15, -0.1) is 11.3 Å². The van der Waals surface area contributed by atoms with Gasteiger partial charge in [0.1, 0.15) is 5.70 Å². The lowest BCUT2D eigenvalue weighted by Crippen LogP contribution is -2.35. The zero-order valence-electron chi connectivity index (χ0n) is 17.4. The van der Waals surface area contributed by atoms with E-state index in [4.69, 9.17) is 9.47 Å². The maximum Gasteiger partial charge on any atom is 0.267 e. The van der Waals surface area contributed by atoms with Crippen molar-refractivity contribution in [2.45, 2.75) is 6.42 Å². The Kier molecular flexibility index (Phi) is 7.84. The van der Waals surface area contributed by atoms with E-state index in [-0.39, 0.29) is 11.6 Å². The fraction of sp³-hybridized carbons (Fsp3) is 0.167. The number of carbonyl (C=O) groups is 2. The van der Waals surface area contributed by atoms with Gasteiger partial charge in [0.2, 0.25) is 0 Å². The van der Waals surface area contributed by atoms with Crippen molar-refractivity contribution in [3.8, 4) is 11.5 Å². The van der Waals surface area contributed by atoms with Crippen molar-refractivity contribution in [3.63, 3.8) is 0 Å². The van der Waals surface area contributed by atoms with Crippen molar-refractivity contribution in [1.82, 2.24) is 10.6 Å². The Morgan fingerprint density at radius 2 is 1.74 bits per heavy atom. The number of amides is 2. The van der Waals surface area contributed by atoms with Crippen molar-refractivity contribution in [2.24, 2.45) is 0 Å². The highest BCUT2D eigenvalue weighted by atomic mass is 32.1. The number of nitrogens with one attached hydrogen (secondary N) is 2. The third kappa shape index (κ3) is 6.20. The fourth-order valence-corrected chi connectivity index (χ4v) is 3.56. The van der Waals surface area contributed by atoms with Gasteiger partial charge < -0.3 is 20.1 Å². The Hall–Kier alpha value is -3.58. The largest absolute Gasteiger partial charge is 0.493 e. The number of hydrogen-bond acceptors (Lipinski definition) is 5. The molecule has 2 N–H and O–H groups in total. The van der Waals surface area contributed by atoms with E-state index < -0.39 is 5.91 Å². The van der Waals surface area contributed by atoms with Gasteiger partial charge in [0, 0.05) is 17.0 Å². The van der Waals surface area contributed by atoms with Gasteiger partial charge >= 0.3 is 0 Å². The van der Waals surface area contributed by atoms with Crippen LogP contribution in [-0.2, 0) is 11.2 Å². The molecule has 0 spiro atoms. The van der Waals surface area contributed by atoms with Gasteiger partial charge in [0.05, 0.1) is 14.2 Å². The van der Waals surface area contributed by atoms with E-state index in [1.165, 1.54) is 25.6 Å². The van der Waals surface area contributed by atoms with Gasteiger partial charge in [-0.1, -0.05) is 36.4 Å². The van der Waals surface area contributed by atoms with Gasteiger partial charge in [0.25, 0.3) is 11.8 Å². The summed E-state index contributed by atoms with van der Waals surface area (Å²) in [6.45, 7) is 0.455. The summed E-state index contributed by atoms with van der Waals surface area (Å²) < 4.78 is 10.5. The quantitative estimate of drug-likeness (QED) is 0.499. The molecule has 0 fully saturated rings. The van der Waals surface area contributed by atoms with Crippen LogP contribution in [0.5, 0.6) is 11.5 Å². The van der Waals surface area contributed by atoms with Crippen LogP contribution in [-0.4, -0.2) is 32.6 Å². The molecule has 2 amide bonds. The van der Waals surface area contributed by atoms with E-state index in [0.717, 1.165) is 10.4 Å². The molecule has 1 heterocycles. The van der Waals surface area contributed by atoms with Crippen LogP contribution in [0, 0.1) is 0 Å². The van der Waals surface area contributed by atoms with Crippen molar-refractivity contribution in [1.29, 1.82) is 0 Å². The summed E-state index contributed by atoms with van der Waals surface area (Å²) in [6.07, 6.45) is 2.36. The van der Waals surface area contributed by atoms with Crippen LogP contribution < -0.4 is 20.1 Å². The maximum atomic E-state index is 12.8. The van der Waals surface area contributed by atoms with Crippen LogP contribution in [0.25, 0.3) is 6.08 Å². The highest BCUT2D eigenvalue weighted by Gasteiger charge is 2.16. The minimum atomic E-state index is -0.415. The SMILES string of the molecule is COc1ccc(C(=O)N/C(=C\c2cccs2)C(=O)NCCc2ccccc2)cc1OC. The van der Waals surface area contributed by atoms with Gasteiger partial charge in [-0.3, -0.25) is 9.59 Å². The van der Waals surface area contributed by atoms with E-state index in [1.54, 1.807) is 24.3 Å². The van der Waals surface area contributed by atoms with E-state index >= 15 is 0 Å². The second-order valence-corrected chi connectivity index (χ2v) is 7.57. The Morgan fingerprint density at radius 3 is 2.42 bits per heavy atom. The highest BCUT2D eigenvalue weighted by Crippen LogP contribution is 2.27. The van der Waals surface area contributed by atoms with E-state index in [1.807, 2.05) is 47.8 Å². The summed E-state index contributed by atoms with van der Waals surface area (Å²) in [5, 5.41) is 7.52. The summed E-state index contributed by atoms with van der Waals surface area (Å²) in [4.78, 5) is 26.5. The van der Waals surface area contributed by atoms with Crippen molar-refractivity contribution in [2.75, 3.05) is 20.8 Å². The second-order valence-electron chi connectivity index (χ2n) is 6.59. The minimum Gasteiger partial charge on any atom is -0.493 e. The molecule has 2 aromatic carbocycles. The number of carbonyl (C=O) groups excluding carboxylic acids is 2. The molecular formula is C24H24N2O4S. The number of benzene rings is 2. The third-order valence-electron chi connectivity index (χ3n) is 4.51. The van der Waals surface area contributed by atoms with Crippen LogP contribution in [0.3, 0.4) is 0 Å². The molecule has 160 valence electrons. The Morgan fingerprint density at radius 1 is 0.968 bits per heavy atom. The summed E-state index contributed by atoms with van der Waals surface area (Å²) >= 11 is 1.48. The molecule has 0 saturated carbocycles. The molecule has 0 atom stereocenters. The number of methoxy groups -OCH3 is 2. The standard InChI is InChI=1S/C24H24N2O4S/c1-29-21-11-10-18(15-22(21)30-2)23(27)26-20(16-19-9-6-14-31-19)24(28)25-13-12-17-7-4-3-5-8-17/h3-11,14-16H,12-13H2,1-2H3,(H,25,28)(H,26,27)/b20-16-. The van der Waals surface area contributed by atoms with E-state index in [9.17, 15) is 9.59 Å². The predicted molar refractivity (Wildman–Crippen MR) is 122 cm³/mol. The highest BCUT2D eigenvalue weighted by molar-refractivity contribution is 7.10. The number of ether oxygens (including phenoxy) is 2. The summed E-state index contributed by atoms with van der Waals surface area (Å²) in [7, 11) is 3.03. The topological polar surface area (TPSA) is 76.7 Å². The molecular weight excluding hydrogens is 412 g/mol. The Bertz CT molecular complexity index is 1050. The van der Waals surface area contributed by atoms with Gasteiger partial charge in [0.15, 0.2) is 11.5 Å². The molecule has 6 nitrogen and oxygen atoms in total. The smallest absolute Gasteiger partial charge is 0.267 e. The van der Waals surface area contributed by atoms with Crippen LogP contribution >= 0.6 is 11.3 Å². The molecule has 1 aromatic heterocycles. The average molecular weight is 437 g/mol. The van der Waals surface area contributed by atoms with Crippen LogP contribution in [0.15, 0.2) is 71.7 Å². The number of thiophene rings is 1. The Labute approximate surface area is 185 Å². The number of rotatable bonds is 9. The van der Waals surface area contributed by atoms with E-state index in [2.05, 4.69) is 10.6 Å². The Balaban J connectivity index is 1.73. The molecule has 3 aromatic rings. The van der Waals surface area contributed by atoms with Gasteiger partial charge in [-0.05, 0) is 47.7 Å². The molecule has 3 rings (SSSR count). The number of hydrogen-bond donors (Lipinski definition) is 2. The molecule has 0 radical (unpaired) electrons. The van der Waals surface area contributed by atoms with E-state index in [0.29, 0.717) is 30.0 Å². The average Bonchev–Trinajstić information content (AvgIpc) is 3.32. The summed E-state index contributed by atoms with van der Waals surface area (Å²) in [5.41, 5.74) is 1.66. The van der Waals surface area contributed by atoms with Crippen molar-refractivity contribution < 1.29 is 19.1 Å². The van der Waals surface area contributed by atoms with Crippen LogP contribution in [0.2, 0.25) is 0 Å². The molecule has 0 aliphatic carbocycles. The van der Waals surface area contributed by atoms with Gasteiger partial charge in [-0.25, -0.2) is 0 Å². The molecule has 0 aliphatic heterocycles. The first-order chi connectivity index (χ1) is 15.1. The first-order valence-electron chi connectivity index (χ1n) is 9.71. The molecule has 0 bridgehead atoms. The zero-order chi connectivity index (χ0) is 22.1. The summed E-state index contributed by atoms with van der Waals surface area (Å²) in [6, 6.07) is 18.5. The molecule has 31 heavy (non-hydrogen) atoms. The van der Waals surface area contributed by atoms with Crippen LogP contribution in [0.4, 0.5) is 0 Å². The third-order valence-corrected chi connectivity index (χ3v) is 5.33. The van der Waals surface area contributed by atoms with Gasteiger partial charge in [-0.2, -0.15) is 0 Å². The van der Waals surface area contributed by atoms with Crippen molar-refractivity contribution >= 4 is 29.2 Å². The van der Waals surface area contributed by atoms with Crippen molar-refractivity contribution in [3.05, 3.63) is 87.7 Å². The van der Waals surface area contributed by atoms with Crippen LogP contribution in [0.1, 0.15) is 20.8 Å². The molecule has 0 unspecified atom stereocenters. The first kappa shape index (κ1) is 22.1. The predicted octanol–water partition coefficient (Wildman–Crippen LogP) is 3.90. The normalized spacial score (nSPS) is 11.0. The zero-order valence-corrected chi connectivity index (χ0v) is 18.2. The lowest BCUT2D eigenvalue weighted by atomic mass is 10.1. The fourth-order valence-electron chi connectivity index (χ4n) is 2.91. The molecule has 0 aliphatic rings. The lowest BCUT2D eigenvalue weighted by molar-refractivity contribution is -0.117. The molecule has 7 heteroatoms. The first-order valence-corrected chi connectivity index (χ1v) is 10.6. The molecule has 0 saturated heterocycles. The lowest BCUT2D eigenvalue weighted by Gasteiger charge is -2.12. The second kappa shape index (κ2) is 11.0. The summed E-state index contributed by atoms with van der Waals surface area (Å²) in [5.74, 6) is 0.193. The monoisotopic (exact) mass is 436 g/mol.